The van der Waals surface area contributed by atoms with Crippen molar-refractivity contribution in [1.29, 1.82) is 0 Å². The quantitative estimate of drug-likeness (QED) is 0.578. The van der Waals surface area contributed by atoms with Gasteiger partial charge >= 0.3 is 0 Å². The van der Waals surface area contributed by atoms with Crippen LogP contribution in [0.2, 0.25) is 10.0 Å². The van der Waals surface area contributed by atoms with E-state index in [-0.39, 0.29) is 5.91 Å². The average molecular weight is 386 g/mol. The van der Waals surface area contributed by atoms with E-state index in [0.717, 1.165) is 16.8 Å². The Labute approximate surface area is 162 Å². The molecule has 0 aromatic heterocycles. The second-order valence-electron chi connectivity index (χ2n) is 5.74. The van der Waals surface area contributed by atoms with Crippen LogP contribution in [0.4, 0.5) is 5.69 Å². The average Bonchev–Trinajstić information content (AvgIpc) is 2.66. The topological polar surface area (TPSA) is 38.3 Å². The van der Waals surface area contributed by atoms with Gasteiger partial charge in [0.2, 0.25) is 0 Å². The minimum Gasteiger partial charge on any atom is -0.479 e. The zero-order valence-electron chi connectivity index (χ0n) is 14.1. The third kappa shape index (κ3) is 4.37. The summed E-state index contributed by atoms with van der Waals surface area (Å²) >= 11 is 12.1. The summed E-state index contributed by atoms with van der Waals surface area (Å²) in [5, 5.41) is 3.82. The highest BCUT2D eigenvalue weighted by atomic mass is 35.5. The number of amides is 1. The van der Waals surface area contributed by atoms with E-state index >= 15 is 0 Å². The van der Waals surface area contributed by atoms with Crippen LogP contribution in [0.1, 0.15) is 6.92 Å². The maximum atomic E-state index is 12.6. The lowest BCUT2D eigenvalue weighted by Gasteiger charge is -2.17. The molecule has 0 spiro atoms. The number of carbonyl (C=O) groups is 1. The lowest BCUT2D eigenvalue weighted by molar-refractivity contribution is -0.122. The predicted molar refractivity (Wildman–Crippen MR) is 107 cm³/mol. The molecule has 0 unspecified atom stereocenters. The summed E-state index contributed by atoms with van der Waals surface area (Å²) in [7, 11) is 0. The number of ether oxygens (including phenoxy) is 1. The molecule has 26 heavy (non-hydrogen) atoms. The molecule has 0 bridgehead atoms. The summed E-state index contributed by atoms with van der Waals surface area (Å²) in [6, 6.07) is 22.4. The fraction of sp³-hybridized carbons (Fsp3) is 0.0952. The number of hydrogen-bond donors (Lipinski definition) is 1. The van der Waals surface area contributed by atoms with E-state index in [1.807, 2.05) is 54.6 Å². The van der Waals surface area contributed by atoms with Gasteiger partial charge in [-0.3, -0.25) is 4.79 Å². The first-order chi connectivity index (χ1) is 12.5. The van der Waals surface area contributed by atoms with Gasteiger partial charge in [-0.2, -0.15) is 0 Å². The number of benzene rings is 3. The van der Waals surface area contributed by atoms with E-state index in [2.05, 4.69) is 5.32 Å². The SMILES string of the molecule is C[C@H](Oc1cc(Cl)ccc1Cl)C(=O)Nc1ccccc1-c1ccccc1. The molecule has 0 aliphatic rings. The highest BCUT2D eigenvalue weighted by molar-refractivity contribution is 6.34. The second kappa shape index (κ2) is 8.26. The molecule has 3 aromatic rings. The first kappa shape index (κ1) is 18.3. The molecule has 1 atom stereocenters. The maximum absolute atomic E-state index is 12.6. The van der Waals surface area contributed by atoms with Crippen LogP contribution in [0.25, 0.3) is 11.1 Å². The molecule has 0 fully saturated rings. The number of nitrogens with one attached hydrogen (secondary N) is 1. The van der Waals surface area contributed by atoms with Gasteiger partial charge in [0.25, 0.3) is 5.91 Å². The molecular weight excluding hydrogens is 369 g/mol. The van der Waals surface area contributed by atoms with Gasteiger partial charge in [-0.1, -0.05) is 71.7 Å². The Kier molecular flexibility index (Phi) is 5.82. The molecule has 1 amide bonds. The Hall–Kier alpha value is -2.49. The summed E-state index contributed by atoms with van der Waals surface area (Å²) in [6.07, 6.45) is -0.741. The predicted octanol–water partition coefficient (Wildman–Crippen LogP) is 6.07. The minimum atomic E-state index is -0.741. The fourth-order valence-electron chi connectivity index (χ4n) is 2.51. The summed E-state index contributed by atoms with van der Waals surface area (Å²) in [6.45, 7) is 1.66. The van der Waals surface area contributed by atoms with E-state index in [1.54, 1.807) is 25.1 Å². The Morgan fingerprint density at radius 1 is 0.962 bits per heavy atom. The largest absolute Gasteiger partial charge is 0.479 e. The smallest absolute Gasteiger partial charge is 0.265 e. The first-order valence-corrected chi connectivity index (χ1v) is 8.87. The number of halogens is 2. The van der Waals surface area contributed by atoms with Crippen LogP contribution in [-0.2, 0) is 4.79 Å². The van der Waals surface area contributed by atoms with Crippen molar-refractivity contribution in [2.24, 2.45) is 0 Å². The number of para-hydroxylation sites is 1. The second-order valence-corrected chi connectivity index (χ2v) is 6.58. The lowest BCUT2D eigenvalue weighted by Crippen LogP contribution is -2.30. The number of anilines is 1. The van der Waals surface area contributed by atoms with Crippen LogP contribution in [-0.4, -0.2) is 12.0 Å². The van der Waals surface area contributed by atoms with Gasteiger partial charge < -0.3 is 10.1 Å². The van der Waals surface area contributed by atoms with Crippen molar-refractivity contribution in [3.05, 3.63) is 82.8 Å². The molecule has 1 N–H and O–H groups in total. The Bertz CT molecular complexity index is 913. The van der Waals surface area contributed by atoms with Crippen molar-refractivity contribution in [3.63, 3.8) is 0 Å². The van der Waals surface area contributed by atoms with Crippen LogP contribution in [0.3, 0.4) is 0 Å². The maximum Gasteiger partial charge on any atom is 0.265 e. The van der Waals surface area contributed by atoms with Crippen LogP contribution >= 0.6 is 23.2 Å². The van der Waals surface area contributed by atoms with Crippen LogP contribution < -0.4 is 10.1 Å². The van der Waals surface area contributed by atoms with Crippen molar-refractivity contribution in [2.75, 3.05) is 5.32 Å². The Morgan fingerprint density at radius 3 is 2.42 bits per heavy atom. The Balaban J connectivity index is 1.77. The number of hydrogen-bond acceptors (Lipinski definition) is 2. The fourth-order valence-corrected chi connectivity index (χ4v) is 2.83. The van der Waals surface area contributed by atoms with Gasteiger partial charge in [0.1, 0.15) is 5.75 Å². The van der Waals surface area contributed by atoms with Gasteiger partial charge in [-0.15, -0.1) is 0 Å². The first-order valence-electron chi connectivity index (χ1n) is 8.11. The standard InChI is InChI=1S/C21H17Cl2NO2/c1-14(26-20-13-16(22)11-12-18(20)23)21(25)24-19-10-6-5-9-17(19)15-7-3-2-4-8-15/h2-14H,1H3,(H,24,25)/t14-/m0/s1. The van der Waals surface area contributed by atoms with Crippen LogP contribution in [0.5, 0.6) is 5.75 Å². The molecule has 0 saturated heterocycles. The molecular formula is C21H17Cl2NO2. The van der Waals surface area contributed by atoms with E-state index in [1.165, 1.54) is 0 Å². The van der Waals surface area contributed by atoms with E-state index in [0.29, 0.717) is 15.8 Å². The zero-order chi connectivity index (χ0) is 18.5. The van der Waals surface area contributed by atoms with E-state index in [4.69, 9.17) is 27.9 Å². The molecule has 132 valence electrons. The summed E-state index contributed by atoms with van der Waals surface area (Å²) < 4.78 is 5.68. The monoisotopic (exact) mass is 385 g/mol. The molecule has 3 nitrogen and oxygen atoms in total. The van der Waals surface area contributed by atoms with Gasteiger partial charge in [-0.25, -0.2) is 0 Å². The van der Waals surface area contributed by atoms with Crippen molar-refractivity contribution >= 4 is 34.8 Å². The molecule has 0 aliphatic carbocycles. The summed E-state index contributed by atoms with van der Waals surface area (Å²) in [5.74, 6) is 0.0996. The molecule has 0 saturated carbocycles. The van der Waals surface area contributed by atoms with Crippen LogP contribution in [0.15, 0.2) is 72.8 Å². The van der Waals surface area contributed by atoms with E-state index in [9.17, 15) is 4.79 Å². The normalized spacial score (nSPS) is 11.7. The van der Waals surface area contributed by atoms with Crippen molar-refractivity contribution in [1.82, 2.24) is 0 Å². The van der Waals surface area contributed by atoms with Gasteiger partial charge in [0, 0.05) is 22.3 Å². The molecule has 5 heteroatoms. The molecule has 0 aliphatic heterocycles. The third-order valence-corrected chi connectivity index (χ3v) is 4.38. The van der Waals surface area contributed by atoms with Crippen molar-refractivity contribution < 1.29 is 9.53 Å². The number of carbonyl (C=O) groups excluding carboxylic acids is 1. The highest BCUT2D eigenvalue weighted by Gasteiger charge is 2.18. The van der Waals surface area contributed by atoms with Crippen molar-refractivity contribution in [3.8, 4) is 16.9 Å². The van der Waals surface area contributed by atoms with E-state index < -0.39 is 6.10 Å². The number of rotatable bonds is 5. The Morgan fingerprint density at radius 2 is 1.65 bits per heavy atom. The zero-order valence-corrected chi connectivity index (χ0v) is 15.6. The molecule has 0 radical (unpaired) electrons. The third-order valence-electron chi connectivity index (χ3n) is 3.84. The van der Waals surface area contributed by atoms with Crippen LogP contribution in [0, 0.1) is 0 Å². The molecule has 3 aromatic carbocycles. The van der Waals surface area contributed by atoms with Gasteiger partial charge in [0.05, 0.1) is 5.02 Å². The van der Waals surface area contributed by atoms with Crippen molar-refractivity contribution in [2.45, 2.75) is 13.0 Å². The molecule has 0 heterocycles. The molecule has 3 rings (SSSR count). The summed E-state index contributed by atoms with van der Waals surface area (Å²) in [4.78, 5) is 12.6. The summed E-state index contributed by atoms with van der Waals surface area (Å²) in [5.41, 5.74) is 2.68. The lowest BCUT2D eigenvalue weighted by atomic mass is 10.0. The van der Waals surface area contributed by atoms with Gasteiger partial charge in [0.15, 0.2) is 6.10 Å². The van der Waals surface area contributed by atoms with Gasteiger partial charge in [-0.05, 0) is 30.7 Å². The minimum absolute atomic E-state index is 0.274. The highest BCUT2D eigenvalue weighted by Crippen LogP contribution is 2.30.